The summed E-state index contributed by atoms with van der Waals surface area (Å²) >= 11 is 0. The predicted octanol–water partition coefficient (Wildman–Crippen LogP) is 4.40. The number of hydroxylamine groups is 1. The van der Waals surface area contributed by atoms with Crippen molar-refractivity contribution in [2.75, 3.05) is 13.1 Å². The number of carbonyl (C=O) groups is 2. The molecule has 1 fully saturated rings. The van der Waals surface area contributed by atoms with Gasteiger partial charge in [0.2, 0.25) is 5.91 Å². The van der Waals surface area contributed by atoms with Crippen LogP contribution in [-0.2, 0) is 11.4 Å². The number of nitrogens with zero attached hydrogens (tertiary/aromatic N) is 2. The highest BCUT2D eigenvalue weighted by Crippen LogP contribution is 2.28. The number of nitrogens with one attached hydrogen (secondary N) is 2. The van der Waals surface area contributed by atoms with E-state index in [-0.39, 0.29) is 29.8 Å². The van der Waals surface area contributed by atoms with Crippen LogP contribution in [0.25, 0.3) is 10.9 Å². The van der Waals surface area contributed by atoms with E-state index in [1.807, 2.05) is 43.3 Å². The molecule has 2 heterocycles. The van der Waals surface area contributed by atoms with E-state index in [0.29, 0.717) is 30.9 Å². The first kappa shape index (κ1) is 27.3. The van der Waals surface area contributed by atoms with Crippen molar-refractivity contribution in [3.05, 3.63) is 84.1 Å². The average Bonchev–Trinajstić information content (AvgIpc) is 2.92. The zero-order chi connectivity index (χ0) is 27.3. The van der Waals surface area contributed by atoms with Crippen LogP contribution < -0.4 is 15.5 Å². The molecular formula is C30H36N4O4. The summed E-state index contributed by atoms with van der Waals surface area (Å²) in [5.41, 5.74) is 4.90. The molecule has 3 aromatic rings. The van der Waals surface area contributed by atoms with Gasteiger partial charge in [0.25, 0.3) is 5.91 Å². The van der Waals surface area contributed by atoms with E-state index in [1.165, 1.54) is 0 Å². The van der Waals surface area contributed by atoms with Crippen molar-refractivity contribution in [1.29, 1.82) is 0 Å². The number of para-hydroxylation sites is 1. The highest BCUT2D eigenvalue weighted by atomic mass is 16.5. The van der Waals surface area contributed by atoms with Crippen molar-refractivity contribution in [2.24, 2.45) is 5.92 Å². The van der Waals surface area contributed by atoms with E-state index in [2.05, 4.69) is 35.6 Å². The maximum absolute atomic E-state index is 13.2. The zero-order valence-electron chi connectivity index (χ0n) is 22.2. The van der Waals surface area contributed by atoms with E-state index in [9.17, 15) is 9.59 Å². The molecule has 1 aromatic heterocycles. The average molecular weight is 517 g/mol. The van der Waals surface area contributed by atoms with E-state index >= 15 is 0 Å². The van der Waals surface area contributed by atoms with Crippen LogP contribution >= 0.6 is 0 Å². The van der Waals surface area contributed by atoms with E-state index in [0.717, 1.165) is 28.7 Å². The fourth-order valence-corrected chi connectivity index (χ4v) is 4.97. The SMILES string of the molecule is C=CC(C)(C)N1CC[C@@H](CC(=O)NO)[C@H](NC(=O)c2ccc(OCc3cc(C)nc4ccccc34)cc2)C1. The number of pyridine rings is 1. The van der Waals surface area contributed by atoms with E-state index in [1.54, 1.807) is 29.7 Å². The van der Waals surface area contributed by atoms with Crippen LogP contribution in [0.2, 0.25) is 0 Å². The Kier molecular flexibility index (Phi) is 8.44. The first-order chi connectivity index (χ1) is 18.2. The summed E-state index contributed by atoms with van der Waals surface area (Å²) in [5.74, 6) is -0.104. The minimum absolute atomic E-state index is 0.0933. The first-order valence-corrected chi connectivity index (χ1v) is 12.9. The Balaban J connectivity index is 1.43. The third-order valence-corrected chi connectivity index (χ3v) is 7.40. The summed E-state index contributed by atoms with van der Waals surface area (Å²) in [5, 5.41) is 13.2. The van der Waals surface area contributed by atoms with Gasteiger partial charge < -0.3 is 10.1 Å². The Morgan fingerprint density at radius 1 is 1.21 bits per heavy atom. The van der Waals surface area contributed by atoms with Crippen molar-refractivity contribution in [3.63, 3.8) is 0 Å². The zero-order valence-corrected chi connectivity index (χ0v) is 22.2. The first-order valence-electron chi connectivity index (χ1n) is 12.9. The molecule has 0 radical (unpaired) electrons. The van der Waals surface area contributed by atoms with Gasteiger partial charge in [0.05, 0.1) is 5.52 Å². The van der Waals surface area contributed by atoms with Crippen molar-refractivity contribution in [2.45, 2.75) is 51.8 Å². The highest BCUT2D eigenvalue weighted by Gasteiger charge is 2.36. The Hall–Kier alpha value is -3.75. The van der Waals surface area contributed by atoms with E-state index < -0.39 is 5.91 Å². The Morgan fingerprint density at radius 2 is 1.95 bits per heavy atom. The fourth-order valence-electron chi connectivity index (χ4n) is 4.97. The third kappa shape index (κ3) is 6.38. The lowest BCUT2D eigenvalue weighted by atomic mass is 9.85. The van der Waals surface area contributed by atoms with Crippen LogP contribution in [0, 0.1) is 12.8 Å². The van der Waals surface area contributed by atoms with Crippen LogP contribution in [0.15, 0.2) is 67.3 Å². The minimum Gasteiger partial charge on any atom is -0.489 e. The van der Waals surface area contributed by atoms with Crippen LogP contribution in [0.5, 0.6) is 5.75 Å². The summed E-state index contributed by atoms with van der Waals surface area (Å²) in [6.45, 7) is 11.8. The molecule has 1 aliphatic rings. The smallest absolute Gasteiger partial charge is 0.251 e. The van der Waals surface area contributed by atoms with Crippen LogP contribution in [0.4, 0.5) is 0 Å². The van der Waals surface area contributed by atoms with Gasteiger partial charge in [-0.3, -0.25) is 24.7 Å². The number of amides is 2. The number of aryl methyl sites for hydroxylation is 1. The monoisotopic (exact) mass is 516 g/mol. The number of aromatic nitrogens is 1. The van der Waals surface area contributed by atoms with Gasteiger partial charge in [0.1, 0.15) is 12.4 Å². The lowest BCUT2D eigenvalue weighted by molar-refractivity contribution is -0.130. The van der Waals surface area contributed by atoms with Crippen molar-refractivity contribution in [1.82, 2.24) is 20.7 Å². The number of carbonyl (C=O) groups excluding carboxylic acids is 2. The molecule has 2 atom stereocenters. The maximum atomic E-state index is 13.2. The summed E-state index contributed by atoms with van der Waals surface area (Å²) in [6, 6.07) is 16.8. The number of hydrogen-bond donors (Lipinski definition) is 3. The number of hydrogen-bond acceptors (Lipinski definition) is 6. The third-order valence-electron chi connectivity index (χ3n) is 7.40. The molecule has 0 spiro atoms. The number of benzene rings is 2. The molecule has 1 aliphatic heterocycles. The molecule has 0 unspecified atom stereocenters. The highest BCUT2D eigenvalue weighted by molar-refractivity contribution is 5.94. The van der Waals surface area contributed by atoms with Crippen LogP contribution in [0.3, 0.4) is 0 Å². The summed E-state index contributed by atoms with van der Waals surface area (Å²) in [6.07, 6.45) is 2.74. The number of ether oxygens (including phenoxy) is 1. The van der Waals surface area contributed by atoms with Crippen LogP contribution in [-0.4, -0.2) is 51.6 Å². The Labute approximate surface area is 223 Å². The Morgan fingerprint density at radius 3 is 2.66 bits per heavy atom. The normalized spacial score (nSPS) is 18.1. The predicted molar refractivity (Wildman–Crippen MR) is 147 cm³/mol. The van der Waals surface area contributed by atoms with Gasteiger partial charge >= 0.3 is 0 Å². The number of piperidine rings is 1. The van der Waals surface area contributed by atoms with Gasteiger partial charge in [0, 0.05) is 46.8 Å². The summed E-state index contributed by atoms with van der Waals surface area (Å²) < 4.78 is 6.03. The summed E-state index contributed by atoms with van der Waals surface area (Å²) in [4.78, 5) is 31.9. The molecule has 4 rings (SSSR count). The molecule has 0 saturated carbocycles. The van der Waals surface area contributed by atoms with Gasteiger partial charge in [-0.05, 0) is 76.1 Å². The van der Waals surface area contributed by atoms with Gasteiger partial charge in [-0.15, -0.1) is 6.58 Å². The quantitative estimate of drug-likeness (QED) is 0.221. The largest absolute Gasteiger partial charge is 0.489 e. The number of likely N-dealkylation sites (tertiary alicyclic amines) is 1. The molecule has 2 aromatic carbocycles. The molecule has 0 bridgehead atoms. The second-order valence-electron chi connectivity index (χ2n) is 10.4. The molecule has 1 saturated heterocycles. The second-order valence-corrected chi connectivity index (χ2v) is 10.4. The Bertz CT molecular complexity index is 1310. The van der Waals surface area contributed by atoms with Gasteiger partial charge in [-0.1, -0.05) is 24.3 Å². The molecule has 8 nitrogen and oxygen atoms in total. The lowest BCUT2D eigenvalue weighted by Crippen LogP contribution is -2.58. The molecule has 0 aliphatic carbocycles. The van der Waals surface area contributed by atoms with Gasteiger partial charge in [-0.2, -0.15) is 0 Å². The molecule has 200 valence electrons. The number of rotatable bonds is 9. The standard InChI is InChI=1S/C30H36N4O4/c1-5-30(3,4)34-15-14-22(17-28(35)33-37)27(18-34)32-29(36)21-10-12-24(13-11-21)38-19-23-16-20(2)31-26-9-7-6-8-25(23)26/h5-13,16,22,27,37H,1,14-15,17-19H2,2-4H3,(H,32,36)(H,33,35)/t22-,27+/m0/s1. The van der Waals surface area contributed by atoms with Crippen LogP contribution in [0.1, 0.15) is 48.3 Å². The summed E-state index contributed by atoms with van der Waals surface area (Å²) in [7, 11) is 0. The molecule has 3 N–H and O–H groups in total. The number of fused-ring (bicyclic) bond motifs is 1. The molecule has 38 heavy (non-hydrogen) atoms. The van der Waals surface area contributed by atoms with Crippen molar-refractivity contribution >= 4 is 22.7 Å². The topological polar surface area (TPSA) is 104 Å². The fraction of sp³-hybridized carbons (Fsp3) is 0.367. The maximum Gasteiger partial charge on any atom is 0.251 e. The van der Waals surface area contributed by atoms with Crippen molar-refractivity contribution < 1.29 is 19.5 Å². The van der Waals surface area contributed by atoms with E-state index in [4.69, 9.17) is 9.94 Å². The second kappa shape index (κ2) is 11.8. The lowest BCUT2D eigenvalue weighted by Gasteiger charge is -2.45. The minimum atomic E-state index is -0.454. The van der Waals surface area contributed by atoms with Crippen molar-refractivity contribution in [3.8, 4) is 5.75 Å². The van der Waals surface area contributed by atoms with Gasteiger partial charge in [0.15, 0.2) is 0 Å². The molecule has 8 heteroatoms. The molecule has 2 amide bonds. The van der Waals surface area contributed by atoms with Gasteiger partial charge in [-0.25, -0.2) is 5.48 Å². The molecular weight excluding hydrogens is 480 g/mol.